The van der Waals surface area contributed by atoms with Crippen molar-refractivity contribution >= 4 is 23.6 Å². The number of benzene rings is 1. The fourth-order valence-corrected chi connectivity index (χ4v) is 5.53. The Morgan fingerprint density at radius 3 is 2.54 bits per heavy atom. The molecule has 0 unspecified atom stereocenters. The predicted octanol–water partition coefficient (Wildman–Crippen LogP) is 3.15. The maximum atomic E-state index is 13.9. The molecule has 2 aromatic rings. The van der Waals surface area contributed by atoms with Crippen molar-refractivity contribution in [2.24, 2.45) is 5.92 Å². The summed E-state index contributed by atoms with van der Waals surface area (Å²) in [5, 5.41) is 17.7. The third kappa shape index (κ3) is 4.22. The first kappa shape index (κ1) is 23.5. The monoisotopic (exact) mass is 480 g/mol. The van der Waals surface area contributed by atoms with Gasteiger partial charge in [0.1, 0.15) is 11.9 Å². The molecular formula is C26H32N4O5. The van der Waals surface area contributed by atoms with Gasteiger partial charge >= 0.3 is 5.97 Å². The van der Waals surface area contributed by atoms with Crippen LogP contribution in [0.5, 0.6) is 0 Å². The minimum Gasteiger partial charge on any atom is -0.476 e. The van der Waals surface area contributed by atoms with Gasteiger partial charge in [0.25, 0.3) is 11.8 Å². The molecule has 9 nitrogen and oxygen atoms in total. The maximum absolute atomic E-state index is 13.9. The van der Waals surface area contributed by atoms with E-state index < -0.39 is 17.9 Å². The molecule has 9 heteroatoms. The van der Waals surface area contributed by atoms with Crippen molar-refractivity contribution < 1.29 is 24.2 Å². The number of carboxylic acids is 1. The number of likely N-dealkylation sites (N-methyl/N-ethyl adjacent to an activating group) is 1. The van der Waals surface area contributed by atoms with Gasteiger partial charge in [0, 0.05) is 36.8 Å². The van der Waals surface area contributed by atoms with Crippen LogP contribution < -0.4 is 10.2 Å². The Kier molecular flexibility index (Phi) is 6.35. The van der Waals surface area contributed by atoms with Crippen molar-refractivity contribution in [3.05, 3.63) is 46.6 Å². The molecule has 2 atom stereocenters. The summed E-state index contributed by atoms with van der Waals surface area (Å²) >= 11 is 0. The van der Waals surface area contributed by atoms with Crippen LogP contribution in [-0.4, -0.2) is 58.5 Å². The van der Waals surface area contributed by atoms with Gasteiger partial charge in [0.2, 0.25) is 0 Å². The first-order valence-corrected chi connectivity index (χ1v) is 12.6. The molecule has 186 valence electrons. The van der Waals surface area contributed by atoms with Crippen LogP contribution >= 0.6 is 0 Å². The number of ether oxygens (including phenoxy) is 1. The number of aryl methyl sites for hydroxylation is 1. The molecule has 2 fully saturated rings. The quantitative estimate of drug-likeness (QED) is 0.629. The molecule has 0 radical (unpaired) electrons. The van der Waals surface area contributed by atoms with E-state index in [1.165, 1.54) is 0 Å². The molecule has 1 aliphatic carbocycles. The molecule has 2 aliphatic heterocycles. The van der Waals surface area contributed by atoms with Crippen molar-refractivity contribution in [1.29, 1.82) is 0 Å². The molecule has 1 aromatic heterocycles. The molecular weight excluding hydrogens is 448 g/mol. The third-order valence-corrected chi connectivity index (χ3v) is 7.47. The van der Waals surface area contributed by atoms with E-state index in [9.17, 15) is 19.5 Å². The van der Waals surface area contributed by atoms with E-state index in [1.807, 2.05) is 32.0 Å². The topological polar surface area (TPSA) is 114 Å². The highest BCUT2D eigenvalue weighted by molar-refractivity contribution is 6.06. The average molecular weight is 481 g/mol. The van der Waals surface area contributed by atoms with E-state index in [0.717, 1.165) is 24.8 Å². The molecule has 1 saturated carbocycles. The van der Waals surface area contributed by atoms with Crippen LogP contribution in [0.4, 0.5) is 5.82 Å². The van der Waals surface area contributed by atoms with Gasteiger partial charge in [-0.25, -0.2) is 9.48 Å². The lowest BCUT2D eigenvalue weighted by Gasteiger charge is -2.39. The Balaban J connectivity index is 1.58. The Morgan fingerprint density at radius 1 is 1.17 bits per heavy atom. The van der Waals surface area contributed by atoms with Gasteiger partial charge in [-0.1, -0.05) is 19.1 Å². The van der Waals surface area contributed by atoms with E-state index in [4.69, 9.17) is 4.74 Å². The Labute approximate surface area is 204 Å². The first-order valence-electron chi connectivity index (χ1n) is 12.6. The molecule has 1 saturated heterocycles. The SMILES string of the molecule is CCc1cccc(C(=O)N[C@@H]2C(=O)N(CC)c3c(c(C(=O)O)nn3C3CCOCC3)[C@@H]2C2CC2)c1. The second kappa shape index (κ2) is 9.45. The smallest absolute Gasteiger partial charge is 0.356 e. The highest BCUT2D eigenvalue weighted by Crippen LogP contribution is 2.51. The number of aromatic carboxylic acids is 1. The lowest BCUT2D eigenvalue weighted by molar-refractivity contribution is -0.121. The van der Waals surface area contributed by atoms with Crippen LogP contribution in [0.1, 0.15) is 83.5 Å². The fraction of sp³-hybridized carbons (Fsp3) is 0.538. The van der Waals surface area contributed by atoms with Crippen LogP contribution in [0.25, 0.3) is 0 Å². The van der Waals surface area contributed by atoms with Crippen molar-refractivity contribution in [3.8, 4) is 0 Å². The summed E-state index contributed by atoms with van der Waals surface area (Å²) in [4.78, 5) is 41.1. The maximum Gasteiger partial charge on any atom is 0.356 e. The van der Waals surface area contributed by atoms with E-state index >= 15 is 0 Å². The number of carbonyl (C=O) groups is 3. The molecule has 35 heavy (non-hydrogen) atoms. The minimum atomic E-state index is -1.11. The molecule has 2 amide bonds. The van der Waals surface area contributed by atoms with Crippen molar-refractivity contribution in [1.82, 2.24) is 15.1 Å². The molecule has 3 aliphatic rings. The van der Waals surface area contributed by atoms with Gasteiger partial charge in [-0.15, -0.1) is 0 Å². The van der Waals surface area contributed by atoms with Gasteiger partial charge in [0.05, 0.1) is 6.04 Å². The van der Waals surface area contributed by atoms with Crippen molar-refractivity contribution in [2.45, 2.75) is 64.0 Å². The molecule has 5 rings (SSSR count). The number of fused-ring (bicyclic) bond motifs is 1. The number of nitrogens with zero attached hydrogens (tertiary/aromatic N) is 3. The summed E-state index contributed by atoms with van der Waals surface area (Å²) in [6.45, 7) is 5.39. The van der Waals surface area contributed by atoms with Crippen LogP contribution in [0.2, 0.25) is 0 Å². The van der Waals surface area contributed by atoms with E-state index in [-0.39, 0.29) is 29.5 Å². The minimum absolute atomic E-state index is 0.0124. The van der Waals surface area contributed by atoms with Gasteiger partial charge < -0.3 is 15.2 Å². The highest BCUT2D eigenvalue weighted by atomic mass is 16.5. The van der Waals surface area contributed by atoms with Gasteiger partial charge in [-0.2, -0.15) is 5.10 Å². The number of nitrogens with one attached hydrogen (secondary N) is 1. The summed E-state index contributed by atoms with van der Waals surface area (Å²) in [5.41, 5.74) is 2.11. The zero-order chi connectivity index (χ0) is 24.7. The van der Waals surface area contributed by atoms with Crippen LogP contribution in [0, 0.1) is 5.92 Å². The number of carbonyl (C=O) groups excluding carboxylic acids is 2. The summed E-state index contributed by atoms with van der Waals surface area (Å²) in [6, 6.07) is 6.51. The van der Waals surface area contributed by atoms with Gasteiger partial charge in [-0.3, -0.25) is 14.5 Å². The second-order valence-corrected chi connectivity index (χ2v) is 9.63. The van der Waals surface area contributed by atoms with E-state index in [0.29, 0.717) is 49.5 Å². The Morgan fingerprint density at radius 2 is 1.91 bits per heavy atom. The fourth-order valence-electron chi connectivity index (χ4n) is 5.53. The van der Waals surface area contributed by atoms with Crippen molar-refractivity contribution in [2.75, 3.05) is 24.7 Å². The Bertz CT molecular complexity index is 1150. The molecule has 2 N–H and O–H groups in total. The first-order chi connectivity index (χ1) is 16.9. The highest BCUT2D eigenvalue weighted by Gasteiger charge is 2.52. The molecule has 1 aromatic carbocycles. The van der Waals surface area contributed by atoms with E-state index in [1.54, 1.807) is 15.6 Å². The number of carboxylic acid groups (broad SMARTS) is 1. The number of hydrogen-bond acceptors (Lipinski definition) is 5. The zero-order valence-electron chi connectivity index (χ0n) is 20.2. The lowest BCUT2D eigenvalue weighted by Crippen LogP contribution is -2.56. The van der Waals surface area contributed by atoms with Crippen LogP contribution in [0.15, 0.2) is 24.3 Å². The average Bonchev–Trinajstić information content (AvgIpc) is 3.64. The third-order valence-electron chi connectivity index (χ3n) is 7.47. The number of amides is 2. The predicted molar refractivity (Wildman–Crippen MR) is 129 cm³/mol. The largest absolute Gasteiger partial charge is 0.476 e. The number of hydrogen-bond donors (Lipinski definition) is 2. The standard InChI is InChI=1S/C26H32N4O5/c1-3-15-6-5-7-17(14-15)23(31)27-21-19(16-8-9-16)20-22(26(33)34)28-30(18-10-12-35-13-11-18)24(20)29(4-2)25(21)32/h5-7,14,16,18-19,21H,3-4,8-13H2,1-2H3,(H,27,31)(H,33,34)/t19-,21-/m0/s1. The number of aromatic nitrogens is 2. The second-order valence-electron chi connectivity index (χ2n) is 9.63. The summed E-state index contributed by atoms with van der Waals surface area (Å²) in [6.07, 6.45) is 4.00. The lowest BCUT2D eigenvalue weighted by atomic mass is 9.82. The molecule has 3 heterocycles. The van der Waals surface area contributed by atoms with Gasteiger partial charge in [0.15, 0.2) is 5.69 Å². The normalized spacial score (nSPS) is 22.7. The van der Waals surface area contributed by atoms with Gasteiger partial charge in [-0.05, 0) is 62.6 Å². The van der Waals surface area contributed by atoms with Crippen molar-refractivity contribution in [3.63, 3.8) is 0 Å². The van der Waals surface area contributed by atoms with E-state index in [2.05, 4.69) is 10.4 Å². The summed E-state index contributed by atoms with van der Waals surface area (Å²) in [5.74, 6) is -1.34. The zero-order valence-corrected chi connectivity index (χ0v) is 20.2. The van der Waals surface area contributed by atoms with Crippen LogP contribution in [0.3, 0.4) is 0 Å². The number of rotatable bonds is 7. The molecule has 0 bridgehead atoms. The summed E-state index contributed by atoms with van der Waals surface area (Å²) in [7, 11) is 0. The molecule has 0 spiro atoms. The summed E-state index contributed by atoms with van der Waals surface area (Å²) < 4.78 is 7.25. The Hall–Kier alpha value is -3.20. The van der Waals surface area contributed by atoms with Crippen LogP contribution in [-0.2, 0) is 16.0 Å². The number of anilines is 1.